The molecule has 1 saturated carbocycles. The molecule has 124 valence electrons. The van der Waals surface area contributed by atoms with Gasteiger partial charge in [0.25, 0.3) is 0 Å². The van der Waals surface area contributed by atoms with Gasteiger partial charge in [-0.05, 0) is 49.9 Å². The first-order valence-corrected chi connectivity index (χ1v) is 9.15. The SMILES string of the molecule is CCN(CC)CCO[C@H](c1ccccc1C)C1CCCCC1. The Morgan fingerprint density at radius 1 is 1.09 bits per heavy atom. The Balaban J connectivity index is 2.03. The van der Waals surface area contributed by atoms with Gasteiger partial charge in [-0.2, -0.15) is 0 Å². The van der Waals surface area contributed by atoms with Crippen LogP contribution in [0.3, 0.4) is 0 Å². The van der Waals surface area contributed by atoms with Crippen molar-refractivity contribution in [3.63, 3.8) is 0 Å². The summed E-state index contributed by atoms with van der Waals surface area (Å²) >= 11 is 0. The van der Waals surface area contributed by atoms with E-state index in [1.165, 1.54) is 43.2 Å². The smallest absolute Gasteiger partial charge is 0.0856 e. The number of rotatable bonds is 8. The van der Waals surface area contributed by atoms with Crippen LogP contribution in [0.15, 0.2) is 24.3 Å². The minimum Gasteiger partial charge on any atom is -0.372 e. The van der Waals surface area contributed by atoms with Crippen molar-refractivity contribution in [1.82, 2.24) is 4.90 Å². The van der Waals surface area contributed by atoms with Crippen molar-refractivity contribution < 1.29 is 4.74 Å². The molecule has 0 radical (unpaired) electrons. The van der Waals surface area contributed by atoms with Gasteiger partial charge in [0.05, 0.1) is 12.7 Å². The van der Waals surface area contributed by atoms with Gasteiger partial charge < -0.3 is 9.64 Å². The summed E-state index contributed by atoms with van der Waals surface area (Å²) in [6.07, 6.45) is 7.07. The number of likely N-dealkylation sites (N-methyl/N-ethyl adjacent to an activating group) is 1. The highest BCUT2D eigenvalue weighted by Crippen LogP contribution is 2.37. The summed E-state index contributed by atoms with van der Waals surface area (Å²) in [5.41, 5.74) is 2.79. The third-order valence-electron chi connectivity index (χ3n) is 5.17. The van der Waals surface area contributed by atoms with E-state index >= 15 is 0 Å². The van der Waals surface area contributed by atoms with Crippen molar-refractivity contribution in [1.29, 1.82) is 0 Å². The van der Waals surface area contributed by atoms with E-state index in [1.807, 2.05) is 0 Å². The normalized spacial score (nSPS) is 17.8. The van der Waals surface area contributed by atoms with Crippen molar-refractivity contribution >= 4 is 0 Å². The number of ether oxygens (including phenoxy) is 1. The molecule has 0 heterocycles. The Labute approximate surface area is 136 Å². The minimum absolute atomic E-state index is 0.289. The monoisotopic (exact) mass is 303 g/mol. The van der Waals surface area contributed by atoms with Crippen LogP contribution in [0.1, 0.15) is 63.2 Å². The van der Waals surface area contributed by atoms with Crippen LogP contribution in [0.25, 0.3) is 0 Å². The molecule has 0 unspecified atom stereocenters. The molecule has 0 bridgehead atoms. The predicted octanol–water partition coefficient (Wildman–Crippen LogP) is 4.97. The summed E-state index contributed by atoms with van der Waals surface area (Å²) in [7, 11) is 0. The second-order valence-electron chi connectivity index (χ2n) is 6.57. The van der Waals surface area contributed by atoms with Crippen LogP contribution >= 0.6 is 0 Å². The van der Waals surface area contributed by atoms with Gasteiger partial charge in [-0.1, -0.05) is 57.4 Å². The molecule has 0 aliphatic heterocycles. The van der Waals surface area contributed by atoms with E-state index in [0.717, 1.165) is 26.2 Å². The van der Waals surface area contributed by atoms with E-state index in [-0.39, 0.29) is 6.10 Å². The van der Waals surface area contributed by atoms with Crippen molar-refractivity contribution in [2.75, 3.05) is 26.2 Å². The molecule has 1 aliphatic carbocycles. The maximum absolute atomic E-state index is 6.44. The summed E-state index contributed by atoms with van der Waals surface area (Å²) < 4.78 is 6.44. The second kappa shape index (κ2) is 9.32. The van der Waals surface area contributed by atoms with Gasteiger partial charge in [0.1, 0.15) is 0 Å². The molecule has 0 aromatic heterocycles. The van der Waals surface area contributed by atoms with Crippen LogP contribution in [0, 0.1) is 12.8 Å². The zero-order valence-corrected chi connectivity index (χ0v) is 14.7. The molecule has 0 spiro atoms. The zero-order valence-electron chi connectivity index (χ0n) is 14.7. The number of hydrogen-bond donors (Lipinski definition) is 0. The van der Waals surface area contributed by atoms with Crippen LogP contribution in [-0.4, -0.2) is 31.1 Å². The Kier molecular flexibility index (Phi) is 7.41. The average molecular weight is 303 g/mol. The van der Waals surface area contributed by atoms with Gasteiger partial charge in [0.15, 0.2) is 0 Å². The fourth-order valence-corrected chi connectivity index (χ4v) is 3.67. The van der Waals surface area contributed by atoms with Crippen molar-refractivity contribution in [3.8, 4) is 0 Å². The van der Waals surface area contributed by atoms with Crippen molar-refractivity contribution in [3.05, 3.63) is 35.4 Å². The van der Waals surface area contributed by atoms with E-state index < -0.39 is 0 Å². The first kappa shape index (κ1) is 17.5. The summed E-state index contributed by atoms with van der Waals surface area (Å²) in [4.78, 5) is 2.44. The highest BCUT2D eigenvalue weighted by atomic mass is 16.5. The topological polar surface area (TPSA) is 12.5 Å². The minimum atomic E-state index is 0.289. The predicted molar refractivity (Wildman–Crippen MR) is 94.2 cm³/mol. The molecule has 22 heavy (non-hydrogen) atoms. The Bertz CT molecular complexity index is 421. The molecule has 1 aromatic carbocycles. The molecular formula is C20H33NO. The lowest BCUT2D eigenvalue weighted by Crippen LogP contribution is -2.29. The number of hydrogen-bond acceptors (Lipinski definition) is 2. The molecule has 1 atom stereocenters. The lowest BCUT2D eigenvalue weighted by Gasteiger charge is -2.32. The quantitative estimate of drug-likeness (QED) is 0.672. The van der Waals surface area contributed by atoms with Crippen molar-refractivity contribution in [2.45, 2.75) is 59.0 Å². The summed E-state index contributed by atoms with van der Waals surface area (Å²) in [6, 6.07) is 8.78. The van der Waals surface area contributed by atoms with Gasteiger partial charge >= 0.3 is 0 Å². The zero-order chi connectivity index (χ0) is 15.8. The van der Waals surface area contributed by atoms with E-state index in [2.05, 4.69) is 49.9 Å². The van der Waals surface area contributed by atoms with Crippen LogP contribution in [0.5, 0.6) is 0 Å². The lowest BCUT2D eigenvalue weighted by molar-refractivity contribution is -0.0103. The van der Waals surface area contributed by atoms with Gasteiger partial charge in [-0.15, -0.1) is 0 Å². The summed E-state index contributed by atoms with van der Waals surface area (Å²) in [5.74, 6) is 0.701. The summed E-state index contributed by atoms with van der Waals surface area (Å²) in [6.45, 7) is 10.8. The molecular weight excluding hydrogens is 270 g/mol. The highest BCUT2D eigenvalue weighted by Gasteiger charge is 2.26. The average Bonchev–Trinajstić information content (AvgIpc) is 2.57. The largest absolute Gasteiger partial charge is 0.372 e. The number of nitrogens with zero attached hydrogens (tertiary/aromatic N) is 1. The molecule has 1 aromatic rings. The van der Waals surface area contributed by atoms with Crippen molar-refractivity contribution in [2.24, 2.45) is 5.92 Å². The molecule has 0 N–H and O–H groups in total. The lowest BCUT2D eigenvalue weighted by atomic mass is 9.81. The summed E-state index contributed by atoms with van der Waals surface area (Å²) in [5, 5.41) is 0. The first-order valence-electron chi connectivity index (χ1n) is 9.15. The van der Waals surface area contributed by atoms with Gasteiger partial charge in [-0.25, -0.2) is 0 Å². The third kappa shape index (κ3) is 4.82. The van der Waals surface area contributed by atoms with Gasteiger partial charge in [0.2, 0.25) is 0 Å². The van der Waals surface area contributed by atoms with E-state index in [1.54, 1.807) is 0 Å². The number of aryl methyl sites for hydroxylation is 1. The Hall–Kier alpha value is -0.860. The molecule has 1 aliphatic rings. The van der Waals surface area contributed by atoms with Gasteiger partial charge in [0, 0.05) is 6.54 Å². The first-order chi connectivity index (χ1) is 10.8. The van der Waals surface area contributed by atoms with E-state index in [0.29, 0.717) is 5.92 Å². The Morgan fingerprint density at radius 2 is 1.77 bits per heavy atom. The van der Waals surface area contributed by atoms with Crippen LogP contribution in [0.2, 0.25) is 0 Å². The number of benzene rings is 1. The van der Waals surface area contributed by atoms with Crippen LogP contribution < -0.4 is 0 Å². The Morgan fingerprint density at radius 3 is 2.41 bits per heavy atom. The van der Waals surface area contributed by atoms with E-state index in [4.69, 9.17) is 4.74 Å². The molecule has 2 rings (SSSR count). The maximum atomic E-state index is 6.44. The van der Waals surface area contributed by atoms with E-state index in [9.17, 15) is 0 Å². The molecule has 0 saturated heterocycles. The maximum Gasteiger partial charge on any atom is 0.0856 e. The van der Waals surface area contributed by atoms with Gasteiger partial charge in [-0.3, -0.25) is 0 Å². The third-order valence-corrected chi connectivity index (χ3v) is 5.17. The molecule has 2 heteroatoms. The molecule has 1 fully saturated rings. The fourth-order valence-electron chi connectivity index (χ4n) is 3.67. The second-order valence-corrected chi connectivity index (χ2v) is 6.57. The standard InChI is InChI=1S/C20H33NO/c1-4-21(5-2)15-16-22-20(18-12-7-6-8-13-18)19-14-10-9-11-17(19)3/h9-11,14,18,20H,4-8,12-13,15-16H2,1-3H3/t20-/m0/s1. The van der Waals surface area contributed by atoms with Crippen LogP contribution in [-0.2, 0) is 4.74 Å². The molecule has 2 nitrogen and oxygen atoms in total. The highest BCUT2D eigenvalue weighted by molar-refractivity contribution is 5.28. The van der Waals surface area contributed by atoms with Crippen LogP contribution in [0.4, 0.5) is 0 Å². The fraction of sp³-hybridized carbons (Fsp3) is 0.700. The molecule has 0 amide bonds.